The second kappa shape index (κ2) is 6.98. The number of benzene rings is 1. The standard InChI is InChI=1S/C20H24O3S/c1-6-19(4)16(14(2)3)12-13-17(21)20(19,18(22)23-5)24-15-10-8-7-9-11-15/h6-11,16H,1-2,12-13H2,3-5H3/t16-,19-,20-/m0/s1. The van der Waals surface area contributed by atoms with Crippen molar-refractivity contribution in [1.29, 1.82) is 0 Å². The van der Waals surface area contributed by atoms with Crippen molar-refractivity contribution in [2.24, 2.45) is 11.3 Å². The molecule has 1 aromatic rings. The van der Waals surface area contributed by atoms with E-state index in [4.69, 9.17) is 4.74 Å². The normalized spacial score (nSPS) is 29.8. The zero-order chi connectivity index (χ0) is 18.0. The van der Waals surface area contributed by atoms with Crippen LogP contribution in [0, 0.1) is 11.3 Å². The van der Waals surface area contributed by atoms with Crippen molar-refractivity contribution < 1.29 is 14.3 Å². The maximum Gasteiger partial charge on any atom is 0.330 e. The van der Waals surface area contributed by atoms with Crippen LogP contribution in [-0.4, -0.2) is 23.6 Å². The molecule has 1 saturated carbocycles. The number of thioether (sulfide) groups is 1. The summed E-state index contributed by atoms with van der Waals surface area (Å²) in [5.74, 6) is -0.638. The average molecular weight is 344 g/mol. The molecule has 0 aliphatic heterocycles. The van der Waals surface area contributed by atoms with E-state index in [1.165, 1.54) is 18.9 Å². The Hall–Kier alpha value is -1.81. The molecule has 0 bridgehead atoms. The third-order valence-electron chi connectivity index (χ3n) is 5.04. The fourth-order valence-electron chi connectivity index (χ4n) is 3.69. The molecule has 0 N–H and O–H groups in total. The zero-order valence-electron chi connectivity index (χ0n) is 14.5. The second-order valence-corrected chi connectivity index (χ2v) is 7.72. The molecule has 0 spiro atoms. The number of ether oxygens (including phenoxy) is 1. The Bertz CT molecular complexity index is 657. The molecule has 4 heteroatoms. The highest BCUT2D eigenvalue weighted by Crippen LogP contribution is 2.58. The van der Waals surface area contributed by atoms with Gasteiger partial charge in [0.25, 0.3) is 0 Å². The molecule has 1 fully saturated rings. The number of allylic oxidation sites excluding steroid dienone is 2. The van der Waals surface area contributed by atoms with Crippen molar-refractivity contribution >= 4 is 23.5 Å². The Balaban J connectivity index is 2.68. The first-order chi connectivity index (χ1) is 11.3. The molecule has 0 heterocycles. The highest BCUT2D eigenvalue weighted by Gasteiger charge is 2.64. The van der Waals surface area contributed by atoms with Gasteiger partial charge in [-0.15, -0.1) is 6.58 Å². The maximum absolute atomic E-state index is 13.1. The smallest absolute Gasteiger partial charge is 0.330 e. The van der Waals surface area contributed by atoms with Gasteiger partial charge in [-0.2, -0.15) is 0 Å². The van der Waals surface area contributed by atoms with Crippen LogP contribution in [0.1, 0.15) is 26.7 Å². The lowest BCUT2D eigenvalue weighted by Crippen LogP contribution is -2.61. The molecular weight excluding hydrogens is 320 g/mol. The Morgan fingerprint density at radius 1 is 1.38 bits per heavy atom. The van der Waals surface area contributed by atoms with Gasteiger partial charge in [0.1, 0.15) is 0 Å². The Kier molecular flexibility index (Phi) is 5.38. The van der Waals surface area contributed by atoms with Gasteiger partial charge in [-0.3, -0.25) is 9.59 Å². The molecule has 0 saturated heterocycles. The van der Waals surface area contributed by atoms with Gasteiger partial charge in [0.15, 0.2) is 10.5 Å². The van der Waals surface area contributed by atoms with E-state index in [-0.39, 0.29) is 11.7 Å². The number of ketones is 1. The molecule has 2 rings (SSSR count). The van der Waals surface area contributed by atoms with E-state index in [2.05, 4.69) is 13.2 Å². The molecule has 1 aliphatic carbocycles. The molecule has 3 nitrogen and oxygen atoms in total. The predicted octanol–water partition coefficient (Wildman–Crippen LogP) is 4.44. The summed E-state index contributed by atoms with van der Waals surface area (Å²) in [6, 6.07) is 9.48. The van der Waals surface area contributed by atoms with Crippen molar-refractivity contribution in [3.05, 3.63) is 55.1 Å². The fraction of sp³-hybridized carbons (Fsp3) is 0.400. The molecule has 24 heavy (non-hydrogen) atoms. The van der Waals surface area contributed by atoms with Gasteiger partial charge in [0.2, 0.25) is 0 Å². The zero-order valence-corrected chi connectivity index (χ0v) is 15.3. The summed E-state index contributed by atoms with van der Waals surface area (Å²) >= 11 is 1.27. The number of esters is 1. The van der Waals surface area contributed by atoms with Crippen LogP contribution in [0.3, 0.4) is 0 Å². The first-order valence-electron chi connectivity index (χ1n) is 7.98. The largest absolute Gasteiger partial charge is 0.468 e. The minimum absolute atomic E-state index is 0.0111. The van der Waals surface area contributed by atoms with Crippen LogP contribution in [0.25, 0.3) is 0 Å². The van der Waals surface area contributed by atoms with Gasteiger partial charge in [-0.1, -0.05) is 55.1 Å². The molecular formula is C20H24O3S. The van der Waals surface area contributed by atoms with E-state index in [0.29, 0.717) is 12.8 Å². The average Bonchev–Trinajstić information content (AvgIpc) is 2.58. The van der Waals surface area contributed by atoms with E-state index >= 15 is 0 Å². The molecule has 0 unspecified atom stereocenters. The SMILES string of the molecule is C=C[C@@]1(C)[C@H](C(=C)C)CCC(=O)[C@]1(Sc1ccccc1)C(=O)OC. The van der Waals surface area contributed by atoms with E-state index in [9.17, 15) is 9.59 Å². The topological polar surface area (TPSA) is 43.4 Å². The summed E-state index contributed by atoms with van der Waals surface area (Å²) in [5.41, 5.74) is 0.175. The van der Waals surface area contributed by atoms with Crippen molar-refractivity contribution in [1.82, 2.24) is 0 Å². The van der Waals surface area contributed by atoms with Crippen molar-refractivity contribution in [2.45, 2.75) is 36.3 Å². The van der Waals surface area contributed by atoms with Gasteiger partial charge in [-0.25, -0.2) is 0 Å². The van der Waals surface area contributed by atoms with E-state index in [1.54, 1.807) is 6.08 Å². The summed E-state index contributed by atoms with van der Waals surface area (Å²) in [6.07, 6.45) is 2.73. The highest BCUT2D eigenvalue weighted by molar-refractivity contribution is 8.02. The number of rotatable bonds is 5. The summed E-state index contributed by atoms with van der Waals surface area (Å²) in [4.78, 5) is 26.8. The number of methoxy groups -OCH3 is 1. The number of hydrogen-bond donors (Lipinski definition) is 0. The van der Waals surface area contributed by atoms with Gasteiger partial charge < -0.3 is 4.74 Å². The van der Waals surface area contributed by atoms with Crippen molar-refractivity contribution in [3.63, 3.8) is 0 Å². The number of hydrogen-bond acceptors (Lipinski definition) is 4. The van der Waals surface area contributed by atoms with Crippen LogP contribution in [0.15, 0.2) is 60.0 Å². The first-order valence-corrected chi connectivity index (χ1v) is 8.80. The Morgan fingerprint density at radius 2 is 2.00 bits per heavy atom. The van der Waals surface area contributed by atoms with Crippen molar-refractivity contribution in [3.8, 4) is 0 Å². The second-order valence-electron chi connectivity index (χ2n) is 6.44. The predicted molar refractivity (Wildman–Crippen MR) is 97.9 cm³/mol. The van der Waals surface area contributed by atoms with Crippen LogP contribution >= 0.6 is 11.8 Å². The van der Waals surface area contributed by atoms with Gasteiger partial charge in [0.05, 0.1) is 7.11 Å². The first kappa shape index (κ1) is 18.5. The third-order valence-corrected chi connectivity index (χ3v) is 6.69. The lowest BCUT2D eigenvalue weighted by atomic mass is 9.58. The monoisotopic (exact) mass is 344 g/mol. The lowest BCUT2D eigenvalue weighted by Gasteiger charge is -2.51. The number of carbonyl (C=O) groups is 2. The molecule has 0 radical (unpaired) electrons. The molecule has 1 aromatic carbocycles. The third kappa shape index (κ3) is 2.73. The molecule has 128 valence electrons. The minimum Gasteiger partial charge on any atom is -0.468 e. The quantitative estimate of drug-likeness (QED) is 0.450. The van der Waals surface area contributed by atoms with Crippen LogP contribution in [0.4, 0.5) is 0 Å². The van der Waals surface area contributed by atoms with E-state index < -0.39 is 16.1 Å². The Labute approximate surface area is 148 Å². The summed E-state index contributed by atoms with van der Waals surface area (Å²) in [5, 5.41) is 0. The molecule has 0 amide bonds. The molecule has 0 aromatic heterocycles. The number of carbonyl (C=O) groups excluding carboxylic acids is 2. The van der Waals surface area contributed by atoms with Crippen LogP contribution in [0.5, 0.6) is 0 Å². The van der Waals surface area contributed by atoms with Crippen LogP contribution in [-0.2, 0) is 14.3 Å². The van der Waals surface area contributed by atoms with Gasteiger partial charge in [-0.05, 0) is 31.4 Å². The van der Waals surface area contributed by atoms with E-state index in [1.807, 2.05) is 44.2 Å². The van der Waals surface area contributed by atoms with Crippen LogP contribution in [0.2, 0.25) is 0 Å². The summed E-state index contributed by atoms with van der Waals surface area (Å²) < 4.78 is 3.75. The van der Waals surface area contributed by atoms with Gasteiger partial charge in [0, 0.05) is 16.7 Å². The maximum atomic E-state index is 13.1. The van der Waals surface area contributed by atoms with Gasteiger partial charge >= 0.3 is 5.97 Å². The van der Waals surface area contributed by atoms with Crippen LogP contribution < -0.4 is 0 Å². The molecule has 1 aliphatic rings. The lowest BCUT2D eigenvalue weighted by molar-refractivity contribution is -0.153. The van der Waals surface area contributed by atoms with Crippen molar-refractivity contribution in [2.75, 3.05) is 7.11 Å². The fourth-order valence-corrected chi connectivity index (χ4v) is 5.17. The summed E-state index contributed by atoms with van der Waals surface area (Å²) in [7, 11) is 1.33. The summed E-state index contributed by atoms with van der Waals surface area (Å²) in [6.45, 7) is 11.9. The minimum atomic E-state index is -1.35. The van der Waals surface area contributed by atoms with E-state index in [0.717, 1.165) is 10.5 Å². The highest BCUT2D eigenvalue weighted by atomic mass is 32.2. The number of Topliss-reactive ketones (excluding diaryl/α,β-unsaturated/α-hetero) is 1. The Morgan fingerprint density at radius 3 is 2.50 bits per heavy atom. The molecule has 3 atom stereocenters.